The second kappa shape index (κ2) is 7.32. The summed E-state index contributed by atoms with van der Waals surface area (Å²) in [6.45, 7) is 2.85. The van der Waals surface area contributed by atoms with Crippen LogP contribution in [0.2, 0.25) is 5.02 Å². The molecule has 3 heteroatoms. The van der Waals surface area contributed by atoms with E-state index in [-0.39, 0.29) is 0 Å². The Kier molecular flexibility index (Phi) is 5.90. The normalized spacial score (nSPS) is 10.8. The molecule has 0 radical (unpaired) electrons. The lowest BCUT2D eigenvalue weighted by Crippen LogP contribution is -2.00. The molecule has 0 saturated heterocycles. The third-order valence-electron chi connectivity index (χ3n) is 1.83. The van der Waals surface area contributed by atoms with Crippen LogP contribution in [0, 0.1) is 0 Å². The summed E-state index contributed by atoms with van der Waals surface area (Å²) in [6, 6.07) is 7.76. The Balaban J connectivity index is 2.12. The van der Waals surface area contributed by atoms with Gasteiger partial charge < -0.3 is 9.47 Å². The highest BCUT2D eigenvalue weighted by Crippen LogP contribution is 2.09. The summed E-state index contributed by atoms with van der Waals surface area (Å²) in [6.07, 6.45) is 4.31. The fraction of sp³-hybridized carbons (Fsp3) is 0.333. The van der Waals surface area contributed by atoms with Gasteiger partial charge in [0.1, 0.15) is 0 Å². The number of halogens is 1. The van der Waals surface area contributed by atoms with Crippen LogP contribution in [-0.2, 0) is 15.9 Å². The molecule has 1 rings (SSSR count). The van der Waals surface area contributed by atoms with Crippen molar-refractivity contribution in [2.24, 2.45) is 0 Å². The minimum absolute atomic E-state index is 0.304. The van der Waals surface area contributed by atoms with E-state index >= 15 is 0 Å². The lowest BCUT2D eigenvalue weighted by Gasteiger charge is -2.03. The van der Waals surface area contributed by atoms with E-state index in [2.05, 4.69) is 0 Å². The van der Waals surface area contributed by atoms with Gasteiger partial charge in [0, 0.05) is 5.02 Å². The molecule has 0 spiro atoms. The highest BCUT2D eigenvalue weighted by Gasteiger charge is 1.93. The van der Waals surface area contributed by atoms with Crippen molar-refractivity contribution < 1.29 is 9.47 Å². The SMILES string of the molecule is C/C=C/OCOCCc1ccc(Cl)cc1. The van der Waals surface area contributed by atoms with E-state index in [1.807, 2.05) is 37.3 Å². The number of hydrogen-bond donors (Lipinski definition) is 0. The van der Waals surface area contributed by atoms with Gasteiger partial charge in [-0.15, -0.1) is 0 Å². The van der Waals surface area contributed by atoms with Crippen molar-refractivity contribution in [3.63, 3.8) is 0 Å². The summed E-state index contributed by atoms with van der Waals surface area (Å²) in [4.78, 5) is 0. The number of ether oxygens (including phenoxy) is 2. The summed E-state index contributed by atoms with van der Waals surface area (Å²) < 4.78 is 10.3. The minimum Gasteiger partial charge on any atom is -0.476 e. The van der Waals surface area contributed by atoms with Crippen LogP contribution in [0.4, 0.5) is 0 Å². The first-order valence-corrected chi connectivity index (χ1v) is 5.25. The second-order valence-electron chi connectivity index (χ2n) is 3.04. The molecule has 0 atom stereocenters. The standard InChI is InChI=1S/C12H15ClO2/c1-2-8-14-10-15-9-7-11-3-5-12(13)6-4-11/h2-6,8H,7,9-10H2,1H3/b8-2+. The summed E-state index contributed by atoms with van der Waals surface area (Å²) in [5.41, 5.74) is 1.21. The smallest absolute Gasteiger partial charge is 0.188 e. The molecular formula is C12H15ClO2. The lowest BCUT2D eigenvalue weighted by molar-refractivity contribution is -0.00990. The molecule has 0 bridgehead atoms. The van der Waals surface area contributed by atoms with Crippen LogP contribution >= 0.6 is 11.6 Å². The molecule has 0 aliphatic heterocycles. The van der Waals surface area contributed by atoms with Gasteiger partial charge in [-0.05, 0) is 31.0 Å². The summed E-state index contributed by atoms with van der Waals surface area (Å²) in [7, 11) is 0. The van der Waals surface area contributed by atoms with Crippen molar-refractivity contribution in [2.45, 2.75) is 13.3 Å². The third-order valence-corrected chi connectivity index (χ3v) is 2.08. The average Bonchev–Trinajstić information content (AvgIpc) is 2.26. The van der Waals surface area contributed by atoms with Crippen molar-refractivity contribution in [3.05, 3.63) is 47.2 Å². The number of rotatable bonds is 6. The molecule has 0 aromatic heterocycles. The first kappa shape index (κ1) is 12.1. The largest absolute Gasteiger partial charge is 0.476 e. The van der Waals surface area contributed by atoms with Crippen LogP contribution in [0.15, 0.2) is 36.6 Å². The van der Waals surface area contributed by atoms with E-state index in [1.165, 1.54) is 5.56 Å². The highest BCUT2D eigenvalue weighted by atomic mass is 35.5. The van der Waals surface area contributed by atoms with Gasteiger partial charge in [0.05, 0.1) is 12.9 Å². The minimum atomic E-state index is 0.304. The van der Waals surface area contributed by atoms with Gasteiger partial charge in [-0.2, -0.15) is 0 Å². The van der Waals surface area contributed by atoms with Crippen molar-refractivity contribution in [2.75, 3.05) is 13.4 Å². The van der Waals surface area contributed by atoms with E-state index in [1.54, 1.807) is 6.26 Å². The van der Waals surface area contributed by atoms with E-state index < -0.39 is 0 Å². The first-order valence-electron chi connectivity index (χ1n) is 4.88. The molecule has 1 aromatic carbocycles. The molecule has 0 N–H and O–H groups in total. The summed E-state index contributed by atoms with van der Waals surface area (Å²) in [5.74, 6) is 0. The molecule has 0 saturated carbocycles. The van der Waals surface area contributed by atoms with Crippen molar-refractivity contribution in [1.29, 1.82) is 0 Å². The van der Waals surface area contributed by atoms with E-state index in [9.17, 15) is 0 Å². The van der Waals surface area contributed by atoms with Gasteiger partial charge in [-0.1, -0.05) is 29.8 Å². The Morgan fingerprint density at radius 3 is 2.67 bits per heavy atom. The molecular weight excluding hydrogens is 212 g/mol. The van der Waals surface area contributed by atoms with Gasteiger partial charge in [0.15, 0.2) is 6.79 Å². The molecule has 15 heavy (non-hydrogen) atoms. The monoisotopic (exact) mass is 226 g/mol. The molecule has 0 aliphatic rings. The average molecular weight is 227 g/mol. The molecule has 0 aliphatic carbocycles. The van der Waals surface area contributed by atoms with Gasteiger partial charge >= 0.3 is 0 Å². The molecule has 82 valence electrons. The fourth-order valence-electron chi connectivity index (χ4n) is 1.08. The van der Waals surface area contributed by atoms with Gasteiger partial charge in [0.2, 0.25) is 0 Å². The van der Waals surface area contributed by atoms with Gasteiger partial charge in [0.25, 0.3) is 0 Å². The fourth-order valence-corrected chi connectivity index (χ4v) is 1.21. The van der Waals surface area contributed by atoms with Crippen molar-refractivity contribution in [3.8, 4) is 0 Å². The lowest BCUT2D eigenvalue weighted by atomic mass is 10.2. The Hall–Kier alpha value is -0.990. The van der Waals surface area contributed by atoms with Crippen LogP contribution in [0.5, 0.6) is 0 Å². The maximum atomic E-state index is 5.77. The Morgan fingerprint density at radius 1 is 1.27 bits per heavy atom. The van der Waals surface area contributed by atoms with Crippen LogP contribution in [0.25, 0.3) is 0 Å². The van der Waals surface area contributed by atoms with E-state index in [0.29, 0.717) is 13.4 Å². The predicted octanol–water partition coefficient (Wildman–Crippen LogP) is 3.41. The zero-order valence-corrected chi connectivity index (χ0v) is 9.54. The Bertz CT molecular complexity index is 293. The zero-order chi connectivity index (χ0) is 10.9. The van der Waals surface area contributed by atoms with Crippen LogP contribution in [0.3, 0.4) is 0 Å². The molecule has 2 nitrogen and oxygen atoms in total. The number of allylic oxidation sites excluding steroid dienone is 1. The maximum absolute atomic E-state index is 5.77. The summed E-state index contributed by atoms with van der Waals surface area (Å²) in [5, 5.41) is 0.760. The molecule has 0 amide bonds. The zero-order valence-electron chi connectivity index (χ0n) is 8.78. The molecule has 1 aromatic rings. The van der Waals surface area contributed by atoms with Crippen LogP contribution in [-0.4, -0.2) is 13.4 Å². The van der Waals surface area contributed by atoms with Crippen molar-refractivity contribution in [1.82, 2.24) is 0 Å². The molecule has 0 unspecified atom stereocenters. The summed E-state index contributed by atoms with van der Waals surface area (Å²) >= 11 is 5.77. The third kappa shape index (κ3) is 5.45. The number of benzene rings is 1. The molecule has 0 heterocycles. The van der Waals surface area contributed by atoms with E-state index in [4.69, 9.17) is 21.1 Å². The maximum Gasteiger partial charge on any atom is 0.188 e. The van der Waals surface area contributed by atoms with Crippen LogP contribution < -0.4 is 0 Å². The van der Waals surface area contributed by atoms with Crippen molar-refractivity contribution >= 4 is 11.6 Å². The topological polar surface area (TPSA) is 18.5 Å². The predicted molar refractivity (Wildman–Crippen MR) is 61.9 cm³/mol. The number of hydrogen-bond acceptors (Lipinski definition) is 2. The Morgan fingerprint density at radius 2 is 2.00 bits per heavy atom. The Labute approximate surface area is 95.5 Å². The van der Waals surface area contributed by atoms with Gasteiger partial charge in [-0.25, -0.2) is 0 Å². The van der Waals surface area contributed by atoms with Crippen LogP contribution in [0.1, 0.15) is 12.5 Å². The molecule has 0 fully saturated rings. The van der Waals surface area contributed by atoms with E-state index in [0.717, 1.165) is 11.4 Å². The highest BCUT2D eigenvalue weighted by molar-refractivity contribution is 6.30. The second-order valence-corrected chi connectivity index (χ2v) is 3.48. The quantitative estimate of drug-likeness (QED) is 0.421. The first-order chi connectivity index (χ1) is 7.33. The van der Waals surface area contributed by atoms with Gasteiger partial charge in [-0.3, -0.25) is 0 Å².